The number of carbonyl (C=O) groups is 2. The Morgan fingerprint density at radius 2 is 1.83 bits per heavy atom. The number of rotatable bonds is 8. The number of hydrogen-bond donors (Lipinski definition) is 0. The Bertz CT molecular complexity index is 1860. The molecule has 0 radical (unpaired) electrons. The smallest absolute Gasteiger partial charge is 0.338 e. The molecule has 2 aromatic carbocycles. The van der Waals surface area contributed by atoms with Gasteiger partial charge in [0.1, 0.15) is 11.5 Å². The number of esters is 2. The van der Waals surface area contributed by atoms with Crippen LogP contribution in [0.25, 0.3) is 17.4 Å². The molecular weight excluding hydrogens is 576 g/mol. The van der Waals surface area contributed by atoms with E-state index >= 15 is 0 Å². The summed E-state index contributed by atoms with van der Waals surface area (Å²) in [4.78, 5) is 44.8. The maximum atomic E-state index is 13.9. The summed E-state index contributed by atoms with van der Waals surface area (Å²) in [5.74, 6) is -0.0766. The summed E-state index contributed by atoms with van der Waals surface area (Å²) in [6, 6.07) is 16.8. The molecule has 0 aliphatic carbocycles. The molecule has 0 spiro atoms. The van der Waals surface area contributed by atoms with Crippen LogP contribution in [0.5, 0.6) is 0 Å². The van der Waals surface area contributed by atoms with Gasteiger partial charge in [-0.2, -0.15) is 0 Å². The maximum Gasteiger partial charge on any atom is 0.338 e. The molecule has 0 fully saturated rings. The van der Waals surface area contributed by atoms with E-state index < -0.39 is 18.0 Å². The van der Waals surface area contributed by atoms with E-state index in [0.29, 0.717) is 61.3 Å². The van der Waals surface area contributed by atoms with E-state index in [1.165, 1.54) is 15.9 Å². The molecule has 0 saturated heterocycles. The van der Waals surface area contributed by atoms with Gasteiger partial charge in [0.2, 0.25) is 0 Å². The third-order valence-electron chi connectivity index (χ3n) is 6.52. The number of nitrogens with zero attached hydrogens (tertiary/aromatic N) is 2. The van der Waals surface area contributed by atoms with E-state index in [1.807, 2.05) is 13.0 Å². The largest absolute Gasteiger partial charge is 0.462 e. The summed E-state index contributed by atoms with van der Waals surface area (Å²) in [5.41, 5.74) is 2.11. The first-order valence-corrected chi connectivity index (χ1v) is 14.7. The Hall–Kier alpha value is -4.21. The Kier molecular flexibility index (Phi) is 8.61. The fourth-order valence-corrected chi connectivity index (χ4v) is 5.83. The molecule has 1 atom stereocenters. The molecule has 42 heavy (non-hydrogen) atoms. The summed E-state index contributed by atoms with van der Waals surface area (Å²) in [7, 11) is 0. The van der Waals surface area contributed by atoms with Gasteiger partial charge in [-0.15, -0.1) is 0 Å². The summed E-state index contributed by atoms with van der Waals surface area (Å²) < 4.78 is 18.8. The number of allylic oxidation sites excluding steroid dienone is 1. The molecule has 0 bridgehead atoms. The topological polar surface area (TPSA) is 100 Å². The number of fused-ring (bicyclic) bond motifs is 1. The molecule has 216 valence electrons. The normalized spacial score (nSPS) is 15.0. The van der Waals surface area contributed by atoms with Crippen LogP contribution >= 0.6 is 22.9 Å². The zero-order chi connectivity index (χ0) is 30.0. The van der Waals surface area contributed by atoms with Crippen LogP contribution in [0.1, 0.15) is 61.8 Å². The third-order valence-corrected chi connectivity index (χ3v) is 7.75. The van der Waals surface area contributed by atoms with Crippen LogP contribution in [0.4, 0.5) is 0 Å². The molecule has 5 rings (SSSR count). The van der Waals surface area contributed by atoms with Crippen LogP contribution in [0.2, 0.25) is 5.02 Å². The van der Waals surface area contributed by atoms with Gasteiger partial charge in [-0.3, -0.25) is 9.36 Å². The van der Waals surface area contributed by atoms with Gasteiger partial charge in [-0.25, -0.2) is 14.6 Å². The summed E-state index contributed by atoms with van der Waals surface area (Å²) in [5, 5.41) is 0.534. The quantitative estimate of drug-likeness (QED) is 0.240. The lowest BCUT2D eigenvalue weighted by Gasteiger charge is -2.25. The molecule has 2 aromatic heterocycles. The molecule has 0 N–H and O–H groups in total. The Morgan fingerprint density at radius 3 is 2.55 bits per heavy atom. The Balaban J connectivity index is 1.58. The number of hydrogen-bond acceptors (Lipinski definition) is 8. The monoisotopic (exact) mass is 604 g/mol. The minimum absolute atomic E-state index is 0.289. The second-order valence-corrected chi connectivity index (χ2v) is 11.4. The van der Waals surface area contributed by atoms with Gasteiger partial charge in [0.15, 0.2) is 4.80 Å². The van der Waals surface area contributed by atoms with Gasteiger partial charge in [0.05, 0.1) is 40.1 Å². The highest BCUT2D eigenvalue weighted by atomic mass is 35.5. The summed E-state index contributed by atoms with van der Waals surface area (Å²) >= 11 is 7.33. The zero-order valence-corrected chi connectivity index (χ0v) is 25.1. The average molecular weight is 605 g/mol. The minimum atomic E-state index is -0.750. The van der Waals surface area contributed by atoms with Crippen molar-refractivity contribution in [2.75, 3.05) is 6.61 Å². The van der Waals surface area contributed by atoms with Crippen molar-refractivity contribution in [3.63, 3.8) is 0 Å². The molecular formula is C32H29ClN2O6S. The van der Waals surface area contributed by atoms with Crippen molar-refractivity contribution < 1.29 is 23.5 Å². The van der Waals surface area contributed by atoms with Crippen LogP contribution in [-0.2, 0) is 14.3 Å². The van der Waals surface area contributed by atoms with Gasteiger partial charge in [0, 0.05) is 16.7 Å². The third kappa shape index (κ3) is 5.89. The highest BCUT2D eigenvalue weighted by Gasteiger charge is 2.33. The molecule has 8 nitrogen and oxygen atoms in total. The number of furan rings is 1. The highest BCUT2D eigenvalue weighted by molar-refractivity contribution is 7.07. The van der Waals surface area contributed by atoms with E-state index in [0.717, 1.165) is 0 Å². The molecule has 0 amide bonds. The van der Waals surface area contributed by atoms with Crippen molar-refractivity contribution >= 4 is 41.0 Å². The zero-order valence-electron chi connectivity index (χ0n) is 23.5. The summed E-state index contributed by atoms with van der Waals surface area (Å²) in [6.07, 6.45) is 2.00. The van der Waals surface area contributed by atoms with E-state index in [1.54, 1.807) is 81.4 Å². The van der Waals surface area contributed by atoms with Gasteiger partial charge in [0.25, 0.3) is 5.56 Å². The molecule has 1 unspecified atom stereocenters. The van der Waals surface area contributed by atoms with Crippen LogP contribution in [0.15, 0.2) is 86.1 Å². The first-order chi connectivity index (χ1) is 20.2. The first-order valence-electron chi connectivity index (χ1n) is 13.5. The van der Waals surface area contributed by atoms with Crippen molar-refractivity contribution in [3.8, 4) is 11.3 Å². The van der Waals surface area contributed by atoms with Crippen molar-refractivity contribution in [2.45, 2.75) is 46.3 Å². The fourth-order valence-electron chi connectivity index (χ4n) is 4.67. The SMILES string of the molecule is CCCOC(=O)c1ccccc1-c1ccc(C=c2sc3n(c2=O)C(c2ccc(Cl)cc2)C(C(=O)OC(C)C)=C(C)N=3)o1. The highest BCUT2D eigenvalue weighted by Crippen LogP contribution is 2.32. The van der Waals surface area contributed by atoms with Crippen molar-refractivity contribution in [1.82, 2.24) is 4.57 Å². The van der Waals surface area contributed by atoms with Gasteiger partial charge < -0.3 is 13.9 Å². The van der Waals surface area contributed by atoms with Gasteiger partial charge in [-0.1, -0.05) is 60.2 Å². The van der Waals surface area contributed by atoms with E-state index in [-0.39, 0.29) is 17.2 Å². The maximum absolute atomic E-state index is 13.9. The molecule has 1 aliphatic rings. The summed E-state index contributed by atoms with van der Waals surface area (Å²) in [6.45, 7) is 7.53. The van der Waals surface area contributed by atoms with Crippen LogP contribution in [0.3, 0.4) is 0 Å². The number of aromatic nitrogens is 1. The van der Waals surface area contributed by atoms with Crippen molar-refractivity contribution in [1.29, 1.82) is 0 Å². The fraction of sp³-hybridized carbons (Fsp3) is 0.250. The molecule has 10 heteroatoms. The van der Waals surface area contributed by atoms with Crippen LogP contribution in [-0.4, -0.2) is 29.2 Å². The number of halogens is 1. The second-order valence-electron chi connectivity index (χ2n) is 9.97. The predicted octanol–water partition coefficient (Wildman–Crippen LogP) is 5.67. The molecule has 1 aliphatic heterocycles. The number of carbonyl (C=O) groups excluding carboxylic acids is 2. The number of ether oxygens (including phenoxy) is 2. The second kappa shape index (κ2) is 12.3. The van der Waals surface area contributed by atoms with E-state index in [9.17, 15) is 14.4 Å². The lowest BCUT2D eigenvalue weighted by Crippen LogP contribution is -2.40. The predicted molar refractivity (Wildman–Crippen MR) is 161 cm³/mol. The number of thiazole rings is 1. The van der Waals surface area contributed by atoms with Crippen molar-refractivity contribution in [3.05, 3.63) is 114 Å². The Morgan fingerprint density at radius 1 is 1.10 bits per heavy atom. The lowest BCUT2D eigenvalue weighted by molar-refractivity contribution is -0.143. The van der Waals surface area contributed by atoms with Crippen LogP contribution in [0, 0.1) is 0 Å². The van der Waals surface area contributed by atoms with Gasteiger partial charge in [-0.05, 0) is 63.1 Å². The standard InChI is InChI=1S/C32H29ClN2O6S/c1-5-16-39-30(37)24-9-7-6-8-23(24)25-15-14-22(41-25)17-26-29(36)35-28(20-10-12-21(33)13-11-20)27(31(38)40-18(2)3)19(4)34-32(35)42-26/h6-15,17-18,28H,5,16H2,1-4H3. The average Bonchev–Trinajstić information content (AvgIpc) is 3.55. The molecule has 3 heterocycles. The first kappa shape index (κ1) is 29.3. The van der Waals surface area contributed by atoms with Crippen LogP contribution < -0.4 is 14.9 Å². The minimum Gasteiger partial charge on any atom is -0.462 e. The molecule has 4 aromatic rings. The van der Waals surface area contributed by atoms with Gasteiger partial charge >= 0.3 is 11.9 Å². The molecule has 0 saturated carbocycles. The lowest BCUT2D eigenvalue weighted by atomic mass is 9.96. The van der Waals surface area contributed by atoms with Crippen molar-refractivity contribution in [2.24, 2.45) is 4.99 Å². The Labute approximate surface area is 251 Å². The number of benzene rings is 2. The van der Waals surface area contributed by atoms with E-state index in [2.05, 4.69) is 4.99 Å². The van der Waals surface area contributed by atoms with E-state index in [4.69, 9.17) is 25.5 Å².